The highest BCUT2D eigenvalue weighted by molar-refractivity contribution is 6.30. The summed E-state index contributed by atoms with van der Waals surface area (Å²) in [5.41, 5.74) is 1.84. The minimum Gasteiger partial charge on any atom is -0.348 e. The molecule has 4 rings (SSSR count). The van der Waals surface area contributed by atoms with Gasteiger partial charge in [-0.15, -0.1) is 0 Å². The molecule has 2 aromatic carbocycles. The molecule has 2 aromatic rings. The number of nitrogens with one attached hydrogen (secondary N) is 2. The van der Waals surface area contributed by atoms with Gasteiger partial charge in [0.2, 0.25) is 17.7 Å². The van der Waals surface area contributed by atoms with Crippen molar-refractivity contribution in [2.75, 3.05) is 25.0 Å². The normalized spacial score (nSPS) is 18.0. The second-order valence-electron chi connectivity index (χ2n) is 8.23. The van der Waals surface area contributed by atoms with Gasteiger partial charge in [0, 0.05) is 29.4 Å². The van der Waals surface area contributed by atoms with Gasteiger partial charge in [-0.3, -0.25) is 19.2 Å². The molecule has 0 spiro atoms. The van der Waals surface area contributed by atoms with E-state index >= 15 is 0 Å². The highest BCUT2D eigenvalue weighted by Crippen LogP contribution is 2.23. The zero-order valence-corrected chi connectivity index (χ0v) is 18.8. The summed E-state index contributed by atoms with van der Waals surface area (Å²) in [5.74, 6) is -0.919. The van der Waals surface area contributed by atoms with Crippen molar-refractivity contribution in [3.8, 4) is 0 Å². The topological polar surface area (TPSA) is 98.8 Å². The average Bonchev–Trinajstić information content (AvgIpc) is 2.81. The van der Waals surface area contributed by atoms with E-state index in [0.29, 0.717) is 35.8 Å². The number of hydrogen-bond donors (Lipinski definition) is 2. The van der Waals surface area contributed by atoms with Gasteiger partial charge >= 0.3 is 0 Å². The van der Waals surface area contributed by atoms with Crippen molar-refractivity contribution in [2.45, 2.75) is 31.8 Å². The highest BCUT2D eigenvalue weighted by atomic mass is 35.5. The van der Waals surface area contributed by atoms with Gasteiger partial charge in [-0.2, -0.15) is 0 Å². The van der Waals surface area contributed by atoms with Crippen molar-refractivity contribution in [3.63, 3.8) is 0 Å². The predicted octanol–water partition coefficient (Wildman–Crippen LogP) is 2.43. The molecular weight excluding hydrogens is 444 g/mol. The predicted molar refractivity (Wildman–Crippen MR) is 124 cm³/mol. The fourth-order valence-corrected chi connectivity index (χ4v) is 4.39. The summed E-state index contributed by atoms with van der Waals surface area (Å²) < 4.78 is 0. The lowest BCUT2D eigenvalue weighted by Crippen LogP contribution is -2.62. The number of piperazine rings is 1. The average molecular weight is 469 g/mol. The van der Waals surface area contributed by atoms with Gasteiger partial charge in [-0.25, -0.2) is 0 Å². The number of carbonyl (C=O) groups excluding carboxylic acids is 4. The molecule has 0 bridgehead atoms. The molecule has 8 nitrogen and oxygen atoms in total. The number of anilines is 1. The number of fused-ring (bicyclic) bond motifs is 1. The molecule has 1 unspecified atom stereocenters. The van der Waals surface area contributed by atoms with Crippen molar-refractivity contribution >= 4 is 40.9 Å². The molecule has 9 heteroatoms. The molecule has 4 amide bonds. The summed E-state index contributed by atoms with van der Waals surface area (Å²) >= 11 is 5.96. The Morgan fingerprint density at radius 2 is 1.85 bits per heavy atom. The molecule has 1 atom stereocenters. The number of halogens is 1. The summed E-state index contributed by atoms with van der Waals surface area (Å²) in [4.78, 5) is 52.8. The van der Waals surface area contributed by atoms with E-state index in [0.717, 1.165) is 18.4 Å². The van der Waals surface area contributed by atoms with Crippen molar-refractivity contribution < 1.29 is 19.2 Å². The second-order valence-corrected chi connectivity index (χ2v) is 8.67. The minimum atomic E-state index is -0.447. The van der Waals surface area contributed by atoms with Crippen LogP contribution in [0.3, 0.4) is 0 Å². The van der Waals surface area contributed by atoms with Crippen LogP contribution in [0.2, 0.25) is 5.02 Å². The molecular formula is C24H25ClN4O4. The monoisotopic (exact) mass is 468 g/mol. The Balaban J connectivity index is 1.29. The van der Waals surface area contributed by atoms with Gasteiger partial charge in [-0.05, 0) is 61.2 Å². The maximum atomic E-state index is 12.7. The third-order valence-corrected chi connectivity index (χ3v) is 6.09. The Labute approximate surface area is 196 Å². The van der Waals surface area contributed by atoms with E-state index in [1.54, 1.807) is 41.3 Å². The second kappa shape index (κ2) is 10.0. The standard InChI is InChI=1S/C24H25ClN4O4/c25-18-5-3-4-16(12-18)13-26-23(32)17-7-9-19(10-8-17)27-21(30)14-28-15-22(31)29-11-2-1-6-20(29)24(28)33/h3-5,7-10,12,20H,1-2,6,11,13-15H2,(H,26,32)(H,27,30). The zero-order chi connectivity index (χ0) is 23.4. The molecule has 172 valence electrons. The van der Waals surface area contributed by atoms with Gasteiger partial charge < -0.3 is 20.4 Å². The van der Waals surface area contributed by atoms with Crippen LogP contribution in [-0.2, 0) is 20.9 Å². The van der Waals surface area contributed by atoms with Crippen LogP contribution < -0.4 is 10.6 Å². The molecule has 2 heterocycles. The molecule has 2 saturated heterocycles. The third kappa shape index (κ3) is 5.51. The Hall–Kier alpha value is -3.39. The molecule has 2 fully saturated rings. The summed E-state index contributed by atoms with van der Waals surface area (Å²) in [6.07, 6.45) is 2.45. The summed E-state index contributed by atoms with van der Waals surface area (Å²) in [6.45, 7) is 0.693. The lowest BCUT2D eigenvalue weighted by atomic mass is 9.98. The fraction of sp³-hybridized carbons (Fsp3) is 0.333. The molecule has 0 aromatic heterocycles. The van der Waals surface area contributed by atoms with Crippen LogP contribution in [0.4, 0.5) is 5.69 Å². The van der Waals surface area contributed by atoms with E-state index in [9.17, 15) is 19.2 Å². The minimum absolute atomic E-state index is 0.0749. The van der Waals surface area contributed by atoms with Gasteiger partial charge in [0.15, 0.2) is 0 Å². The van der Waals surface area contributed by atoms with Gasteiger partial charge in [-0.1, -0.05) is 23.7 Å². The summed E-state index contributed by atoms with van der Waals surface area (Å²) in [6, 6.07) is 13.3. The van der Waals surface area contributed by atoms with E-state index in [4.69, 9.17) is 11.6 Å². The first-order chi connectivity index (χ1) is 15.9. The van der Waals surface area contributed by atoms with Crippen LogP contribution >= 0.6 is 11.6 Å². The maximum absolute atomic E-state index is 12.7. The van der Waals surface area contributed by atoms with Crippen LogP contribution in [0.1, 0.15) is 35.2 Å². The van der Waals surface area contributed by atoms with Crippen LogP contribution in [0.5, 0.6) is 0 Å². The molecule has 0 radical (unpaired) electrons. The lowest BCUT2D eigenvalue weighted by Gasteiger charge is -2.42. The van der Waals surface area contributed by atoms with E-state index in [1.165, 1.54) is 4.90 Å². The van der Waals surface area contributed by atoms with Crippen LogP contribution in [0.25, 0.3) is 0 Å². The zero-order valence-electron chi connectivity index (χ0n) is 18.1. The van der Waals surface area contributed by atoms with E-state index < -0.39 is 11.9 Å². The Kier molecular flexibility index (Phi) is 6.93. The number of amides is 4. The number of piperidine rings is 1. The first-order valence-electron chi connectivity index (χ1n) is 10.9. The Bertz CT molecular complexity index is 1070. The van der Waals surface area contributed by atoms with Gasteiger partial charge in [0.25, 0.3) is 5.91 Å². The SMILES string of the molecule is O=C(CN1CC(=O)N2CCCCC2C1=O)Nc1ccc(C(=O)NCc2cccc(Cl)c2)cc1. The number of carbonyl (C=O) groups is 4. The number of benzene rings is 2. The molecule has 2 aliphatic heterocycles. The highest BCUT2D eigenvalue weighted by Gasteiger charge is 2.40. The van der Waals surface area contributed by atoms with Crippen LogP contribution in [0, 0.1) is 0 Å². The molecule has 2 N–H and O–H groups in total. The fourth-order valence-electron chi connectivity index (χ4n) is 4.17. The van der Waals surface area contributed by atoms with Crippen molar-refractivity contribution in [3.05, 3.63) is 64.7 Å². The maximum Gasteiger partial charge on any atom is 0.251 e. The largest absolute Gasteiger partial charge is 0.348 e. The summed E-state index contributed by atoms with van der Waals surface area (Å²) in [7, 11) is 0. The van der Waals surface area contributed by atoms with Crippen molar-refractivity contribution in [1.82, 2.24) is 15.1 Å². The summed E-state index contributed by atoms with van der Waals surface area (Å²) in [5, 5.41) is 6.15. The van der Waals surface area contributed by atoms with Gasteiger partial charge in [0.05, 0.1) is 0 Å². The van der Waals surface area contributed by atoms with Crippen LogP contribution in [0.15, 0.2) is 48.5 Å². The number of nitrogens with zero attached hydrogens (tertiary/aromatic N) is 2. The number of hydrogen-bond acceptors (Lipinski definition) is 4. The molecule has 2 aliphatic rings. The van der Waals surface area contributed by atoms with Crippen LogP contribution in [-0.4, -0.2) is 59.1 Å². The molecule has 0 aliphatic carbocycles. The quantitative estimate of drug-likeness (QED) is 0.680. The number of rotatable bonds is 6. The van der Waals surface area contributed by atoms with Gasteiger partial charge in [0.1, 0.15) is 19.1 Å². The van der Waals surface area contributed by atoms with E-state index in [2.05, 4.69) is 10.6 Å². The lowest BCUT2D eigenvalue weighted by molar-refractivity contribution is -0.158. The van der Waals surface area contributed by atoms with E-state index in [1.807, 2.05) is 12.1 Å². The van der Waals surface area contributed by atoms with Crippen molar-refractivity contribution in [1.29, 1.82) is 0 Å². The molecule has 0 saturated carbocycles. The third-order valence-electron chi connectivity index (χ3n) is 5.85. The first-order valence-corrected chi connectivity index (χ1v) is 11.3. The van der Waals surface area contributed by atoms with Crippen molar-refractivity contribution in [2.24, 2.45) is 0 Å². The van der Waals surface area contributed by atoms with E-state index in [-0.39, 0.29) is 30.8 Å². The first kappa shape index (κ1) is 22.8. The Morgan fingerprint density at radius 1 is 1.06 bits per heavy atom. The molecule has 33 heavy (non-hydrogen) atoms. The Morgan fingerprint density at radius 3 is 2.61 bits per heavy atom. The smallest absolute Gasteiger partial charge is 0.251 e.